The summed E-state index contributed by atoms with van der Waals surface area (Å²) in [6.07, 6.45) is 4.81. The SMILES string of the molecule is COc1cc(NC(=O)[C@@H]2CCC[C@@H]2CN)c(C(=O)N2CCCC2)cc1OC. The molecule has 1 aromatic carbocycles. The van der Waals surface area contributed by atoms with Gasteiger partial charge in [0.25, 0.3) is 5.91 Å². The van der Waals surface area contributed by atoms with E-state index in [2.05, 4.69) is 5.32 Å². The predicted molar refractivity (Wildman–Crippen MR) is 103 cm³/mol. The second-order valence-electron chi connectivity index (χ2n) is 7.27. The maximum atomic E-state index is 13.0. The highest BCUT2D eigenvalue weighted by atomic mass is 16.5. The summed E-state index contributed by atoms with van der Waals surface area (Å²) in [7, 11) is 3.07. The molecule has 0 unspecified atom stereocenters. The zero-order chi connectivity index (χ0) is 19.4. The van der Waals surface area contributed by atoms with Crippen LogP contribution in [0.4, 0.5) is 5.69 Å². The fourth-order valence-electron chi connectivity index (χ4n) is 4.14. The lowest BCUT2D eigenvalue weighted by Crippen LogP contribution is -2.32. The second-order valence-corrected chi connectivity index (χ2v) is 7.27. The number of likely N-dealkylation sites (tertiary alicyclic amines) is 1. The lowest BCUT2D eigenvalue weighted by atomic mass is 9.95. The van der Waals surface area contributed by atoms with Crippen molar-refractivity contribution in [1.82, 2.24) is 4.90 Å². The van der Waals surface area contributed by atoms with Crippen LogP contribution in [0, 0.1) is 11.8 Å². The maximum absolute atomic E-state index is 13.0. The van der Waals surface area contributed by atoms with Gasteiger partial charge < -0.3 is 25.4 Å². The molecule has 7 heteroatoms. The molecule has 2 amide bonds. The molecule has 0 spiro atoms. The number of ether oxygens (including phenoxy) is 2. The summed E-state index contributed by atoms with van der Waals surface area (Å²) < 4.78 is 10.7. The number of rotatable bonds is 6. The van der Waals surface area contributed by atoms with E-state index in [1.807, 2.05) is 4.90 Å². The van der Waals surface area contributed by atoms with E-state index in [0.717, 1.165) is 45.2 Å². The van der Waals surface area contributed by atoms with Crippen LogP contribution < -0.4 is 20.5 Å². The number of nitrogens with two attached hydrogens (primary N) is 1. The van der Waals surface area contributed by atoms with Crippen molar-refractivity contribution in [3.05, 3.63) is 17.7 Å². The Hall–Kier alpha value is -2.28. The average molecular weight is 375 g/mol. The van der Waals surface area contributed by atoms with Gasteiger partial charge in [0.1, 0.15) is 0 Å². The third kappa shape index (κ3) is 4.03. The van der Waals surface area contributed by atoms with E-state index in [-0.39, 0.29) is 23.7 Å². The lowest BCUT2D eigenvalue weighted by Gasteiger charge is -2.22. The third-order valence-electron chi connectivity index (χ3n) is 5.70. The smallest absolute Gasteiger partial charge is 0.256 e. The van der Waals surface area contributed by atoms with Gasteiger partial charge in [0, 0.05) is 25.1 Å². The molecular weight excluding hydrogens is 346 g/mol. The first-order chi connectivity index (χ1) is 13.1. The van der Waals surface area contributed by atoms with Gasteiger partial charge in [-0.3, -0.25) is 9.59 Å². The molecule has 27 heavy (non-hydrogen) atoms. The molecule has 2 fully saturated rings. The fourth-order valence-corrected chi connectivity index (χ4v) is 4.14. The van der Waals surface area contributed by atoms with Crippen LogP contribution >= 0.6 is 0 Å². The van der Waals surface area contributed by atoms with Gasteiger partial charge in [-0.05, 0) is 44.2 Å². The van der Waals surface area contributed by atoms with Gasteiger partial charge in [-0.15, -0.1) is 0 Å². The Morgan fingerprint density at radius 3 is 2.41 bits per heavy atom. The van der Waals surface area contributed by atoms with Gasteiger partial charge in [0.15, 0.2) is 11.5 Å². The molecular formula is C20H29N3O4. The monoisotopic (exact) mass is 375 g/mol. The minimum atomic E-state index is -0.113. The maximum Gasteiger partial charge on any atom is 0.256 e. The van der Waals surface area contributed by atoms with Crippen LogP contribution in [0.25, 0.3) is 0 Å². The van der Waals surface area contributed by atoms with Crippen molar-refractivity contribution in [1.29, 1.82) is 0 Å². The van der Waals surface area contributed by atoms with Crippen molar-refractivity contribution in [2.45, 2.75) is 32.1 Å². The Balaban J connectivity index is 1.91. The Kier molecular flexibility index (Phi) is 6.21. The van der Waals surface area contributed by atoms with Crippen molar-refractivity contribution in [3.8, 4) is 11.5 Å². The van der Waals surface area contributed by atoms with E-state index in [1.165, 1.54) is 14.2 Å². The molecule has 3 rings (SSSR count). The summed E-state index contributed by atoms with van der Waals surface area (Å²) in [5.74, 6) is 0.864. The molecule has 0 aromatic heterocycles. The molecule has 0 bridgehead atoms. The van der Waals surface area contributed by atoms with Crippen molar-refractivity contribution < 1.29 is 19.1 Å². The second kappa shape index (κ2) is 8.61. The normalized spacial score (nSPS) is 22.0. The van der Waals surface area contributed by atoms with Crippen LogP contribution in [-0.4, -0.2) is 50.6 Å². The molecule has 1 aromatic rings. The number of benzene rings is 1. The van der Waals surface area contributed by atoms with Crippen molar-refractivity contribution in [2.75, 3.05) is 39.2 Å². The van der Waals surface area contributed by atoms with Crippen molar-refractivity contribution in [3.63, 3.8) is 0 Å². The van der Waals surface area contributed by atoms with E-state index in [9.17, 15) is 9.59 Å². The summed E-state index contributed by atoms with van der Waals surface area (Å²) in [6, 6.07) is 3.33. The highest BCUT2D eigenvalue weighted by molar-refractivity contribution is 6.05. The van der Waals surface area contributed by atoms with Gasteiger partial charge >= 0.3 is 0 Å². The number of methoxy groups -OCH3 is 2. The molecule has 7 nitrogen and oxygen atoms in total. The number of amides is 2. The first kappa shape index (κ1) is 19.5. The number of anilines is 1. The van der Waals surface area contributed by atoms with Crippen LogP contribution in [0.1, 0.15) is 42.5 Å². The zero-order valence-corrected chi connectivity index (χ0v) is 16.1. The van der Waals surface area contributed by atoms with Crippen LogP contribution in [0.15, 0.2) is 12.1 Å². The summed E-state index contributed by atoms with van der Waals surface area (Å²) >= 11 is 0. The lowest BCUT2D eigenvalue weighted by molar-refractivity contribution is -0.120. The summed E-state index contributed by atoms with van der Waals surface area (Å²) in [6.45, 7) is 1.97. The van der Waals surface area contributed by atoms with Gasteiger partial charge in [0.2, 0.25) is 5.91 Å². The molecule has 2 aliphatic rings. The number of hydrogen-bond donors (Lipinski definition) is 2. The molecule has 1 aliphatic carbocycles. The van der Waals surface area contributed by atoms with E-state index < -0.39 is 0 Å². The minimum Gasteiger partial charge on any atom is -0.493 e. The van der Waals surface area contributed by atoms with Gasteiger partial charge in [-0.25, -0.2) is 0 Å². The molecule has 2 atom stereocenters. The van der Waals surface area contributed by atoms with Crippen molar-refractivity contribution in [2.24, 2.45) is 17.6 Å². The molecule has 0 radical (unpaired) electrons. The third-order valence-corrected chi connectivity index (χ3v) is 5.70. The number of nitrogens with one attached hydrogen (secondary N) is 1. The Bertz CT molecular complexity index is 701. The highest BCUT2D eigenvalue weighted by Gasteiger charge is 2.33. The molecule has 1 heterocycles. The number of nitrogens with zero attached hydrogens (tertiary/aromatic N) is 1. The van der Waals surface area contributed by atoms with E-state index in [1.54, 1.807) is 12.1 Å². The predicted octanol–water partition coefficient (Wildman–Crippen LogP) is 2.25. The summed E-state index contributed by atoms with van der Waals surface area (Å²) in [5, 5.41) is 2.97. The largest absolute Gasteiger partial charge is 0.493 e. The first-order valence-corrected chi connectivity index (χ1v) is 9.65. The van der Waals surface area contributed by atoms with Crippen LogP contribution in [-0.2, 0) is 4.79 Å². The van der Waals surface area contributed by atoms with Crippen LogP contribution in [0.2, 0.25) is 0 Å². The Labute approximate surface area is 160 Å². The average Bonchev–Trinajstić information content (AvgIpc) is 3.38. The van der Waals surface area contributed by atoms with Gasteiger partial charge in [-0.2, -0.15) is 0 Å². The van der Waals surface area contributed by atoms with Gasteiger partial charge in [-0.1, -0.05) is 6.42 Å². The Morgan fingerprint density at radius 2 is 1.78 bits per heavy atom. The van der Waals surface area contributed by atoms with Crippen LogP contribution in [0.3, 0.4) is 0 Å². The molecule has 1 saturated heterocycles. The molecule has 148 valence electrons. The number of carbonyl (C=O) groups excluding carboxylic acids is 2. The summed E-state index contributed by atoms with van der Waals surface area (Å²) in [5.41, 5.74) is 6.73. The van der Waals surface area contributed by atoms with Crippen molar-refractivity contribution >= 4 is 17.5 Å². The molecule has 3 N–H and O–H groups in total. The molecule has 1 aliphatic heterocycles. The zero-order valence-electron chi connectivity index (χ0n) is 16.1. The minimum absolute atomic E-state index is 0.0781. The quantitative estimate of drug-likeness (QED) is 0.795. The fraction of sp³-hybridized carbons (Fsp3) is 0.600. The number of carbonyl (C=O) groups is 2. The Morgan fingerprint density at radius 1 is 1.11 bits per heavy atom. The van der Waals surface area contributed by atoms with Crippen LogP contribution in [0.5, 0.6) is 11.5 Å². The van der Waals surface area contributed by atoms with Gasteiger partial charge in [0.05, 0.1) is 25.5 Å². The first-order valence-electron chi connectivity index (χ1n) is 9.65. The van der Waals surface area contributed by atoms with E-state index >= 15 is 0 Å². The molecule has 1 saturated carbocycles. The van der Waals surface area contributed by atoms with E-state index in [0.29, 0.717) is 29.3 Å². The standard InChI is InChI=1S/C20H29N3O4/c1-26-17-10-15(20(25)23-8-3-4-9-23)16(11-18(17)27-2)22-19(24)14-7-5-6-13(14)12-21/h10-11,13-14H,3-9,12,21H2,1-2H3,(H,22,24)/t13-,14-/m1/s1. The number of hydrogen-bond acceptors (Lipinski definition) is 5. The highest BCUT2D eigenvalue weighted by Crippen LogP contribution is 2.36. The topological polar surface area (TPSA) is 93.9 Å². The summed E-state index contributed by atoms with van der Waals surface area (Å²) in [4.78, 5) is 27.7. The van der Waals surface area contributed by atoms with E-state index in [4.69, 9.17) is 15.2 Å².